The van der Waals surface area contributed by atoms with Crippen molar-refractivity contribution < 1.29 is 18.8 Å². The Morgan fingerprint density at radius 3 is 2.56 bits per heavy atom. The van der Waals surface area contributed by atoms with Crippen LogP contribution in [0.15, 0.2) is 39.6 Å². The third kappa shape index (κ3) is 3.37. The predicted molar refractivity (Wildman–Crippen MR) is 115 cm³/mol. The molecule has 1 aliphatic rings. The van der Waals surface area contributed by atoms with Crippen LogP contribution in [-0.2, 0) is 0 Å². The summed E-state index contributed by atoms with van der Waals surface area (Å²) in [4.78, 5) is 28.0. The number of rotatable bonds is 6. The zero-order valence-electron chi connectivity index (χ0n) is 16.5. The summed E-state index contributed by atoms with van der Waals surface area (Å²) >= 11 is 12.8. The maximum atomic E-state index is 12.0. The minimum absolute atomic E-state index is 0.101. The second kappa shape index (κ2) is 7.57. The molecular weight excluding hydrogens is 461 g/mol. The number of carbonyl (C=O) groups excluding carboxylic acids is 1. The van der Waals surface area contributed by atoms with E-state index in [0.717, 1.165) is 28.4 Å². The molecule has 1 amide bonds. The summed E-state index contributed by atoms with van der Waals surface area (Å²) in [6.45, 7) is 0. The van der Waals surface area contributed by atoms with Crippen LogP contribution in [0.1, 0.15) is 29.5 Å². The molecule has 2 N–H and O–H groups in total. The van der Waals surface area contributed by atoms with Gasteiger partial charge in [0, 0.05) is 12.1 Å². The number of carbonyl (C=O) groups is 1. The van der Waals surface area contributed by atoms with Crippen molar-refractivity contribution in [3.63, 3.8) is 0 Å². The predicted octanol–water partition coefficient (Wildman–Crippen LogP) is 3.72. The lowest BCUT2D eigenvalue weighted by Gasteiger charge is -2.12. The Morgan fingerprint density at radius 2 is 1.94 bits per heavy atom. The molecule has 0 spiro atoms. The van der Waals surface area contributed by atoms with Crippen molar-refractivity contribution in [3.8, 4) is 23.2 Å². The number of halogens is 2. The van der Waals surface area contributed by atoms with Gasteiger partial charge in [-0.2, -0.15) is 4.98 Å². The lowest BCUT2D eigenvalue weighted by molar-refractivity contribution is 0.0985. The van der Waals surface area contributed by atoms with Crippen molar-refractivity contribution >= 4 is 40.1 Å². The molecule has 12 heteroatoms. The summed E-state index contributed by atoms with van der Waals surface area (Å²) in [6.07, 6.45) is 2.11. The number of hydrogen-bond acceptors (Lipinski definition) is 7. The lowest BCUT2D eigenvalue weighted by atomic mass is 10.2. The number of fused-ring (bicyclic) bond motifs is 1. The molecule has 0 unspecified atom stereocenters. The quantitative estimate of drug-likeness (QED) is 0.449. The number of nitrogens with two attached hydrogens (primary N) is 1. The Balaban J connectivity index is 1.53. The minimum atomic E-state index is -0.945. The second-order valence-electron chi connectivity index (χ2n) is 7.16. The average molecular weight is 476 g/mol. The van der Waals surface area contributed by atoms with Gasteiger partial charge in [-0.05, 0) is 42.3 Å². The molecule has 1 saturated carbocycles. The van der Waals surface area contributed by atoms with Gasteiger partial charge in [0.15, 0.2) is 5.75 Å². The standard InChI is InChI=1S/C20H15Cl2N5O5/c1-30-19-24-14-5-4-11(8-15(14)26(19)9-2-3-9)31-16-12(21)6-10(7-13(16)22)27-18(17(23)28)25-32-20(27)29/h4-9H,2-3H2,1H3,(H2,23,28). The molecular formula is C20H15Cl2N5O5. The SMILES string of the molecule is COc1nc2ccc(Oc3c(Cl)cc(-n4c(C(N)=O)noc4=O)cc3Cl)cc2n1C1CC1. The van der Waals surface area contributed by atoms with Crippen LogP contribution < -0.4 is 21.0 Å². The molecule has 164 valence electrons. The lowest BCUT2D eigenvalue weighted by Crippen LogP contribution is -2.22. The van der Waals surface area contributed by atoms with Crippen LogP contribution in [0.4, 0.5) is 0 Å². The van der Waals surface area contributed by atoms with Crippen molar-refractivity contribution in [2.45, 2.75) is 18.9 Å². The van der Waals surface area contributed by atoms with E-state index in [4.69, 9.17) is 38.4 Å². The first-order valence-corrected chi connectivity index (χ1v) is 10.2. The van der Waals surface area contributed by atoms with Crippen LogP contribution in [0.25, 0.3) is 16.7 Å². The number of amides is 1. The van der Waals surface area contributed by atoms with E-state index in [2.05, 4.69) is 14.7 Å². The molecule has 1 fully saturated rings. The monoisotopic (exact) mass is 475 g/mol. The summed E-state index contributed by atoms with van der Waals surface area (Å²) in [5.74, 6) is -1.58. The van der Waals surface area contributed by atoms with Crippen molar-refractivity contribution in [1.29, 1.82) is 0 Å². The van der Waals surface area contributed by atoms with Gasteiger partial charge >= 0.3 is 5.76 Å². The zero-order chi connectivity index (χ0) is 22.6. The highest BCUT2D eigenvalue weighted by Crippen LogP contribution is 2.43. The zero-order valence-corrected chi connectivity index (χ0v) is 18.1. The Hall–Kier alpha value is -3.50. The van der Waals surface area contributed by atoms with E-state index in [1.54, 1.807) is 13.2 Å². The third-order valence-corrected chi connectivity index (χ3v) is 5.57. The molecule has 1 aliphatic carbocycles. The van der Waals surface area contributed by atoms with Gasteiger partial charge in [0.25, 0.3) is 11.9 Å². The van der Waals surface area contributed by atoms with Crippen LogP contribution >= 0.6 is 23.2 Å². The van der Waals surface area contributed by atoms with E-state index in [9.17, 15) is 9.59 Å². The fourth-order valence-electron chi connectivity index (χ4n) is 3.47. The molecule has 0 aliphatic heterocycles. The second-order valence-corrected chi connectivity index (χ2v) is 7.98. The Bertz CT molecular complexity index is 1410. The van der Waals surface area contributed by atoms with Gasteiger partial charge in [0.05, 0.1) is 33.9 Å². The van der Waals surface area contributed by atoms with Crippen LogP contribution in [0.5, 0.6) is 17.5 Å². The molecule has 2 heterocycles. The molecule has 32 heavy (non-hydrogen) atoms. The topological polar surface area (TPSA) is 127 Å². The van der Waals surface area contributed by atoms with Gasteiger partial charge in [0.1, 0.15) is 5.75 Å². The van der Waals surface area contributed by atoms with Gasteiger partial charge in [-0.1, -0.05) is 23.2 Å². The number of benzene rings is 2. The highest BCUT2D eigenvalue weighted by molar-refractivity contribution is 6.37. The molecule has 0 bridgehead atoms. The molecule has 0 atom stereocenters. The normalized spacial score (nSPS) is 13.5. The van der Waals surface area contributed by atoms with E-state index in [-0.39, 0.29) is 27.3 Å². The Morgan fingerprint density at radius 1 is 1.22 bits per heavy atom. The highest BCUT2D eigenvalue weighted by Gasteiger charge is 2.29. The maximum Gasteiger partial charge on any atom is 0.446 e. The summed E-state index contributed by atoms with van der Waals surface area (Å²) in [7, 11) is 1.59. The van der Waals surface area contributed by atoms with Gasteiger partial charge in [0.2, 0.25) is 5.82 Å². The summed E-state index contributed by atoms with van der Waals surface area (Å²) < 4.78 is 18.8. The molecule has 0 saturated heterocycles. The number of primary amides is 1. The molecule has 5 rings (SSSR count). The van der Waals surface area contributed by atoms with Crippen molar-refractivity contribution in [2.75, 3.05) is 7.11 Å². The summed E-state index contributed by atoms with van der Waals surface area (Å²) in [5, 5.41) is 3.57. The first kappa shape index (κ1) is 20.4. The number of aromatic nitrogens is 4. The van der Waals surface area contributed by atoms with Gasteiger partial charge in [-0.15, -0.1) is 0 Å². The number of methoxy groups -OCH3 is 1. The van der Waals surface area contributed by atoms with E-state index in [1.165, 1.54) is 12.1 Å². The minimum Gasteiger partial charge on any atom is -0.468 e. The number of hydrogen-bond donors (Lipinski definition) is 1. The first-order chi connectivity index (χ1) is 15.4. The fourth-order valence-corrected chi connectivity index (χ4v) is 4.02. The van der Waals surface area contributed by atoms with Crippen LogP contribution in [-0.4, -0.2) is 32.3 Å². The largest absolute Gasteiger partial charge is 0.468 e. The molecule has 10 nitrogen and oxygen atoms in total. The Kier molecular flexibility index (Phi) is 4.83. The molecule has 0 radical (unpaired) electrons. The summed E-state index contributed by atoms with van der Waals surface area (Å²) in [5.41, 5.74) is 7.04. The number of imidazole rings is 1. The van der Waals surface area contributed by atoms with Crippen LogP contribution in [0, 0.1) is 0 Å². The molecule has 2 aromatic heterocycles. The average Bonchev–Trinajstić information content (AvgIpc) is 3.41. The van der Waals surface area contributed by atoms with E-state index < -0.39 is 11.7 Å². The number of nitrogens with zero attached hydrogens (tertiary/aromatic N) is 4. The maximum absolute atomic E-state index is 12.0. The molecule has 4 aromatic rings. The van der Waals surface area contributed by atoms with Gasteiger partial charge in [-0.25, -0.2) is 9.36 Å². The van der Waals surface area contributed by atoms with Crippen molar-refractivity contribution in [2.24, 2.45) is 5.73 Å². The van der Waals surface area contributed by atoms with E-state index in [0.29, 0.717) is 17.8 Å². The smallest absolute Gasteiger partial charge is 0.446 e. The summed E-state index contributed by atoms with van der Waals surface area (Å²) in [6, 6.07) is 9.07. The van der Waals surface area contributed by atoms with Crippen LogP contribution in [0.2, 0.25) is 10.0 Å². The first-order valence-electron chi connectivity index (χ1n) is 9.49. The Labute approximate surface area is 190 Å². The van der Waals surface area contributed by atoms with Gasteiger partial charge < -0.3 is 15.2 Å². The van der Waals surface area contributed by atoms with Gasteiger partial charge in [-0.3, -0.25) is 13.9 Å². The van der Waals surface area contributed by atoms with Crippen molar-refractivity contribution in [1.82, 2.24) is 19.3 Å². The number of ether oxygens (including phenoxy) is 2. The molecule has 2 aromatic carbocycles. The highest BCUT2D eigenvalue weighted by atomic mass is 35.5. The third-order valence-electron chi connectivity index (χ3n) is 5.01. The van der Waals surface area contributed by atoms with Crippen molar-refractivity contribution in [3.05, 3.63) is 56.8 Å². The van der Waals surface area contributed by atoms with E-state index in [1.807, 2.05) is 16.7 Å². The van der Waals surface area contributed by atoms with E-state index >= 15 is 0 Å². The van der Waals surface area contributed by atoms with Crippen LogP contribution in [0.3, 0.4) is 0 Å². The fraction of sp³-hybridized carbons (Fsp3) is 0.200.